The molecule has 2 N–H and O–H groups in total. The Bertz CT molecular complexity index is 1680. The molecule has 0 unspecified atom stereocenters. The van der Waals surface area contributed by atoms with Gasteiger partial charge < -0.3 is 20.3 Å². The van der Waals surface area contributed by atoms with E-state index in [1.54, 1.807) is 36.4 Å². The van der Waals surface area contributed by atoms with E-state index in [0.29, 0.717) is 22.3 Å². The Hall–Kier alpha value is -5.51. The topological polar surface area (TPSA) is 125 Å². The summed E-state index contributed by atoms with van der Waals surface area (Å²) in [5, 5.41) is 6.84. The van der Waals surface area contributed by atoms with E-state index in [0.717, 1.165) is 10.9 Å². The highest BCUT2D eigenvalue weighted by Crippen LogP contribution is 2.33. The summed E-state index contributed by atoms with van der Waals surface area (Å²) < 4.78 is 5.46. The van der Waals surface area contributed by atoms with Crippen LogP contribution in [0.3, 0.4) is 0 Å². The molecule has 4 aromatic rings. The van der Waals surface area contributed by atoms with E-state index in [9.17, 15) is 24.0 Å². The number of fused-ring (bicyclic) bond motifs is 2. The number of carbonyl (C=O) groups excluding carboxylic acids is 5. The zero-order valence-corrected chi connectivity index (χ0v) is 23.5. The lowest BCUT2D eigenvalue weighted by molar-refractivity contribution is -0.144. The van der Waals surface area contributed by atoms with E-state index in [2.05, 4.69) is 10.6 Å². The maximum absolute atomic E-state index is 14.1. The van der Waals surface area contributed by atoms with Crippen molar-refractivity contribution >= 4 is 51.7 Å². The van der Waals surface area contributed by atoms with Gasteiger partial charge in [0.15, 0.2) is 0 Å². The largest absolute Gasteiger partial charge is 0.459 e. The summed E-state index contributed by atoms with van der Waals surface area (Å²) in [4.78, 5) is 68.2. The van der Waals surface area contributed by atoms with Crippen LogP contribution in [0.15, 0.2) is 97.1 Å². The zero-order valence-electron chi connectivity index (χ0n) is 23.5. The second-order valence-electron chi connectivity index (χ2n) is 10.0. The van der Waals surface area contributed by atoms with Gasteiger partial charge in [-0.05, 0) is 34.5 Å². The van der Waals surface area contributed by atoms with Crippen LogP contribution in [0.5, 0.6) is 0 Å². The molecule has 43 heavy (non-hydrogen) atoms. The minimum absolute atomic E-state index is 0.0198. The fraction of sp³-hybridized carbons (Fsp3) is 0.182. The molecule has 0 fully saturated rings. The molecule has 5 rings (SSSR count). The van der Waals surface area contributed by atoms with Crippen LogP contribution in [0.1, 0.15) is 22.8 Å². The van der Waals surface area contributed by atoms with Gasteiger partial charge >= 0.3 is 5.97 Å². The summed E-state index contributed by atoms with van der Waals surface area (Å²) in [7, 11) is 0. The SMILES string of the molecule is CC(=O)NCC(=O)N1C[C@H](NC(=O)c2cccc3ccccc23)C(=O)N(CC(=O)OCc2ccccc2)c2ccccc21. The summed E-state index contributed by atoms with van der Waals surface area (Å²) in [5.74, 6) is -2.65. The van der Waals surface area contributed by atoms with Gasteiger partial charge in [0, 0.05) is 12.5 Å². The lowest BCUT2D eigenvalue weighted by Gasteiger charge is -2.25. The van der Waals surface area contributed by atoms with Crippen molar-refractivity contribution in [3.05, 3.63) is 108 Å². The fourth-order valence-corrected chi connectivity index (χ4v) is 4.96. The fourth-order valence-electron chi connectivity index (χ4n) is 4.96. The number of para-hydroxylation sites is 2. The normalized spacial score (nSPS) is 14.4. The molecule has 4 aromatic carbocycles. The molecular formula is C33H30N4O6. The molecule has 1 aliphatic rings. The van der Waals surface area contributed by atoms with Gasteiger partial charge in [-0.15, -0.1) is 0 Å². The van der Waals surface area contributed by atoms with Crippen LogP contribution in [0, 0.1) is 0 Å². The first-order chi connectivity index (χ1) is 20.8. The van der Waals surface area contributed by atoms with E-state index in [4.69, 9.17) is 4.74 Å². The average Bonchev–Trinajstić information content (AvgIpc) is 3.13. The second kappa shape index (κ2) is 13.0. The number of nitrogens with zero attached hydrogens (tertiary/aromatic N) is 2. The lowest BCUT2D eigenvalue weighted by atomic mass is 10.0. The standard InChI is InChI=1S/C33H30N4O6/c1-22(38)34-18-30(39)36-19-27(35-32(41)26-15-9-13-24-12-5-6-14-25(24)26)33(42)37(29-17-8-7-16-28(29)36)20-31(40)43-21-23-10-3-2-4-11-23/h2-17,27H,18-21H2,1H3,(H,34,38)(H,35,41)/t27-/m0/s1. The maximum Gasteiger partial charge on any atom is 0.326 e. The number of esters is 1. The maximum atomic E-state index is 14.1. The molecule has 4 amide bonds. The number of carbonyl (C=O) groups is 5. The van der Waals surface area contributed by atoms with Crippen LogP contribution in [0.25, 0.3) is 10.8 Å². The van der Waals surface area contributed by atoms with Crippen LogP contribution in [-0.2, 0) is 30.5 Å². The third kappa shape index (κ3) is 6.70. The Labute approximate surface area is 248 Å². The zero-order chi connectivity index (χ0) is 30.3. The van der Waals surface area contributed by atoms with Gasteiger partial charge in [0.05, 0.1) is 24.5 Å². The third-order valence-corrected chi connectivity index (χ3v) is 7.05. The first-order valence-electron chi connectivity index (χ1n) is 13.7. The molecule has 1 heterocycles. The predicted molar refractivity (Wildman–Crippen MR) is 161 cm³/mol. The van der Waals surface area contributed by atoms with Crippen molar-refractivity contribution in [3.63, 3.8) is 0 Å². The molecule has 0 saturated carbocycles. The molecule has 10 heteroatoms. The van der Waals surface area contributed by atoms with Crippen molar-refractivity contribution < 1.29 is 28.7 Å². The van der Waals surface area contributed by atoms with E-state index in [-0.39, 0.29) is 19.7 Å². The van der Waals surface area contributed by atoms with Crippen molar-refractivity contribution in [2.45, 2.75) is 19.6 Å². The minimum atomic E-state index is -1.22. The van der Waals surface area contributed by atoms with Crippen molar-refractivity contribution in [1.82, 2.24) is 10.6 Å². The predicted octanol–water partition coefficient (Wildman–Crippen LogP) is 3.20. The van der Waals surface area contributed by atoms with Gasteiger partial charge in [0.2, 0.25) is 11.8 Å². The number of amides is 4. The van der Waals surface area contributed by atoms with Crippen molar-refractivity contribution in [2.75, 3.05) is 29.4 Å². The number of rotatable bonds is 8. The van der Waals surface area contributed by atoms with E-state index >= 15 is 0 Å². The average molecular weight is 579 g/mol. The van der Waals surface area contributed by atoms with Crippen molar-refractivity contribution in [1.29, 1.82) is 0 Å². The van der Waals surface area contributed by atoms with Crippen LogP contribution < -0.4 is 20.4 Å². The smallest absolute Gasteiger partial charge is 0.326 e. The van der Waals surface area contributed by atoms with Gasteiger partial charge in [0.25, 0.3) is 11.8 Å². The van der Waals surface area contributed by atoms with Gasteiger partial charge in [-0.2, -0.15) is 0 Å². The van der Waals surface area contributed by atoms with Gasteiger partial charge in [-0.25, -0.2) is 0 Å². The molecule has 0 radical (unpaired) electrons. The minimum Gasteiger partial charge on any atom is -0.459 e. The van der Waals surface area contributed by atoms with Gasteiger partial charge in [0.1, 0.15) is 19.2 Å². The molecule has 0 bridgehead atoms. The van der Waals surface area contributed by atoms with Crippen molar-refractivity contribution in [3.8, 4) is 0 Å². The van der Waals surface area contributed by atoms with Crippen LogP contribution >= 0.6 is 0 Å². The Morgan fingerprint density at radius 2 is 1.51 bits per heavy atom. The number of benzene rings is 4. The molecule has 0 spiro atoms. The highest BCUT2D eigenvalue weighted by atomic mass is 16.5. The number of hydrogen-bond acceptors (Lipinski definition) is 6. The van der Waals surface area contributed by atoms with Crippen LogP contribution in [-0.4, -0.2) is 55.3 Å². The number of nitrogens with one attached hydrogen (secondary N) is 2. The molecule has 10 nitrogen and oxygen atoms in total. The Balaban J connectivity index is 1.47. The third-order valence-electron chi connectivity index (χ3n) is 7.05. The lowest BCUT2D eigenvalue weighted by Crippen LogP contribution is -2.54. The summed E-state index contributed by atoms with van der Waals surface area (Å²) in [6.45, 7) is 0.327. The highest BCUT2D eigenvalue weighted by Gasteiger charge is 2.38. The monoisotopic (exact) mass is 578 g/mol. The van der Waals surface area contributed by atoms with Gasteiger partial charge in [-0.1, -0.05) is 78.9 Å². The molecule has 0 saturated heterocycles. The Kier molecular flexibility index (Phi) is 8.76. The van der Waals surface area contributed by atoms with Crippen LogP contribution in [0.4, 0.5) is 11.4 Å². The van der Waals surface area contributed by atoms with E-state index in [1.165, 1.54) is 16.7 Å². The molecule has 0 aromatic heterocycles. The van der Waals surface area contributed by atoms with Crippen LogP contribution in [0.2, 0.25) is 0 Å². The highest BCUT2D eigenvalue weighted by molar-refractivity contribution is 6.13. The van der Waals surface area contributed by atoms with E-state index < -0.39 is 42.2 Å². The first kappa shape index (κ1) is 29.0. The summed E-state index contributed by atoms with van der Waals surface area (Å²) in [5.41, 5.74) is 1.79. The summed E-state index contributed by atoms with van der Waals surface area (Å²) in [6.07, 6.45) is 0. The second-order valence-corrected chi connectivity index (χ2v) is 10.0. The Morgan fingerprint density at radius 3 is 2.28 bits per heavy atom. The molecule has 0 aliphatic carbocycles. The number of hydrogen-bond donors (Lipinski definition) is 2. The summed E-state index contributed by atoms with van der Waals surface area (Å²) >= 11 is 0. The number of ether oxygens (including phenoxy) is 1. The quantitative estimate of drug-likeness (QED) is 0.310. The van der Waals surface area contributed by atoms with Gasteiger partial charge in [-0.3, -0.25) is 28.9 Å². The van der Waals surface area contributed by atoms with E-state index in [1.807, 2.05) is 60.7 Å². The molecule has 1 atom stereocenters. The molecular weight excluding hydrogens is 548 g/mol. The number of anilines is 2. The Morgan fingerprint density at radius 1 is 0.837 bits per heavy atom. The van der Waals surface area contributed by atoms with Crippen molar-refractivity contribution in [2.24, 2.45) is 0 Å². The molecule has 1 aliphatic heterocycles. The summed E-state index contributed by atoms with van der Waals surface area (Å²) in [6, 6.07) is 27.2. The first-order valence-corrected chi connectivity index (χ1v) is 13.7. The molecule has 218 valence electrons.